The summed E-state index contributed by atoms with van der Waals surface area (Å²) in [6.45, 7) is 4.37. The Bertz CT molecular complexity index is 113. The molecule has 1 amide bonds. The lowest BCUT2D eigenvalue weighted by Gasteiger charge is -2.02. The molecule has 3 N–H and O–H groups in total. The molecule has 0 bridgehead atoms. The van der Waals surface area contributed by atoms with Crippen LogP contribution in [0, 0.1) is 5.92 Å². The maximum absolute atomic E-state index is 10.6. The lowest BCUT2D eigenvalue weighted by atomic mass is 10.1. The molecule has 0 aromatic rings. The summed E-state index contributed by atoms with van der Waals surface area (Å²) in [6, 6.07) is 0. The van der Waals surface area contributed by atoms with Crippen molar-refractivity contribution in [3.63, 3.8) is 0 Å². The van der Waals surface area contributed by atoms with Gasteiger partial charge in [-0.1, -0.05) is 26.7 Å². The van der Waals surface area contributed by atoms with E-state index in [9.17, 15) is 4.79 Å². The zero-order valence-electron chi connectivity index (χ0n) is 7.39. The van der Waals surface area contributed by atoms with E-state index < -0.39 is 0 Å². The van der Waals surface area contributed by atoms with Crippen LogP contribution >= 0.6 is 0 Å². The van der Waals surface area contributed by atoms with E-state index in [1.165, 1.54) is 6.42 Å². The van der Waals surface area contributed by atoms with Gasteiger partial charge in [-0.2, -0.15) is 0 Å². The number of amides is 1. The summed E-state index contributed by atoms with van der Waals surface area (Å²) in [5, 5.41) is 0. The first-order chi connectivity index (χ1) is 5.16. The summed E-state index contributed by atoms with van der Waals surface area (Å²) < 4.78 is 0. The predicted molar refractivity (Wildman–Crippen MR) is 45.6 cm³/mol. The number of hydrogen-bond acceptors (Lipinski definition) is 2. The molecule has 0 fully saturated rings. The Morgan fingerprint density at radius 3 is 2.55 bits per heavy atom. The lowest BCUT2D eigenvalue weighted by molar-refractivity contribution is -0.121. The number of hydrogen-bond donors (Lipinski definition) is 2. The SMILES string of the molecule is CC(C)CCCCC(=O)NN. The van der Waals surface area contributed by atoms with E-state index in [1.807, 2.05) is 0 Å². The van der Waals surface area contributed by atoms with Gasteiger partial charge in [0.2, 0.25) is 5.91 Å². The highest BCUT2D eigenvalue weighted by molar-refractivity contribution is 5.74. The molecule has 66 valence electrons. The molecular formula is C8H18N2O. The monoisotopic (exact) mass is 158 g/mol. The molecule has 0 spiro atoms. The summed E-state index contributed by atoms with van der Waals surface area (Å²) in [5.74, 6) is 5.59. The molecule has 0 aromatic carbocycles. The van der Waals surface area contributed by atoms with Gasteiger partial charge in [0, 0.05) is 6.42 Å². The summed E-state index contributed by atoms with van der Waals surface area (Å²) in [6.07, 6.45) is 3.81. The predicted octanol–water partition coefficient (Wildman–Crippen LogP) is 1.19. The lowest BCUT2D eigenvalue weighted by Crippen LogP contribution is -2.29. The number of hydrazine groups is 1. The van der Waals surface area contributed by atoms with Gasteiger partial charge in [0.15, 0.2) is 0 Å². The van der Waals surface area contributed by atoms with E-state index in [2.05, 4.69) is 19.3 Å². The van der Waals surface area contributed by atoms with Crippen LogP contribution in [0.15, 0.2) is 0 Å². The molecule has 0 unspecified atom stereocenters. The van der Waals surface area contributed by atoms with Gasteiger partial charge in [-0.25, -0.2) is 5.84 Å². The maximum atomic E-state index is 10.6. The topological polar surface area (TPSA) is 55.1 Å². The molecule has 0 saturated carbocycles. The second-order valence-corrected chi connectivity index (χ2v) is 3.21. The Morgan fingerprint density at radius 1 is 1.45 bits per heavy atom. The molecule has 11 heavy (non-hydrogen) atoms. The van der Waals surface area contributed by atoms with E-state index >= 15 is 0 Å². The smallest absolute Gasteiger partial charge is 0.233 e. The van der Waals surface area contributed by atoms with Gasteiger partial charge in [-0.15, -0.1) is 0 Å². The third-order valence-corrected chi connectivity index (χ3v) is 1.60. The molecule has 0 aromatic heterocycles. The van der Waals surface area contributed by atoms with E-state index in [0.29, 0.717) is 6.42 Å². The third kappa shape index (κ3) is 7.33. The second kappa shape index (κ2) is 6.16. The molecule has 3 heteroatoms. The minimum absolute atomic E-state index is 0.0613. The first-order valence-electron chi connectivity index (χ1n) is 4.16. The molecule has 0 heterocycles. The van der Waals surface area contributed by atoms with Crippen LogP contribution in [0.3, 0.4) is 0 Å². The van der Waals surface area contributed by atoms with E-state index in [1.54, 1.807) is 0 Å². The van der Waals surface area contributed by atoms with Crippen molar-refractivity contribution in [2.75, 3.05) is 0 Å². The van der Waals surface area contributed by atoms with Crippen LogP contribution < -0.4 is 11.3 Å². The van der Waals surface area contributed by atoms with Crippen molar-refractivity contribution in [1.29, 1.82) is 0 Å². The van der Waals surface area contributed by atoms with E-state index in [0.717, 1.165) is 18.8 Å². The van der Waals surface area contributed by atoms with Crippen LogP contribution in [0.1, 0.15) is 39.5 Å². The molecular weight excluding hydrogens is 140 g/mol. The number of carbonyl (C=O) groups is 1. The third-order valence-electron chi connectivity index (χ3n) is 1.60. The summed E-state index contributed by atoms with van der Waals surface area (Å²) in [5.41, 5.74) is 2.11. The van der Waals surface area contributed by atoms with Gasteiger partial charge >= 0.3 is 0 Å². The fraction of sp³-hybridized carbons (Fsp3) is 0.875. The molecule has 0 aliphatic carbocycles. The Morgan fingerprint density at radius 2 is 2.09 bits per heavy atom. The van der Waals surface area contributed by atoms with Gasteiger partial charge in [-0.05, 0) is 12.3 Å². The van der Waals surface area contributed by atoms with Crippen molar-refractivity contribution < 1.29 is 4.79 Å². The maximum Gasteiger partial charge on any atom is 0.233 e. The zero-order chi connectivity index (χ0) is 8.69. The average Bonchev–Trinajstić information content (AvgIpc) is 1.97. The molecule has 0 aliphatic heterocycles. The minimum Gasteiger partial charge on any atom is -0.294 e. The highest BCUT2D eigenvalue weighted by Crippen LogP contribution is 2.07. The first-order valence-corrected chi connectivity index (χ1v) is 4.16. The van der Waals surface area contributed by atoms with Crippen LogP contribution in [0.25, 0.3) is 0 Å². The largest absolute Gasteiger partial charge is 0.294 e. The number of nitrogens with one attached hydrogen (secondary N) is 1. The Kier molecular flexibility index (Phi) is 5.84. The molecule has 3 nitrogen and oxygen atoms in total. The van der Waals surface area contributed by atoms with Crippen LogP contribution in [0.4, 0.5) is 0 Å². The molecule has 0 atom stereocenters. The number of rotatable bonds is 5. The summed E-state index contributed by atoms with van der Waals surface area (Å²) in [7, 11) is 0. The molecule has 0 radical (unpaired) electrons. The zero-order valence-corrected chi connectivity index (χ0v) is 7.39. The van der Waals surface area contributed by atoms with Gasteiger partial charge in [-0.3, -0.25) is 10.2 Å². The van der Waals surface area contributed by atoms with Gasteiger partial charge in [0.1, 0.15) is 0 Å². The molecule has 0 rings (SSSR count). The van der Waals surface area contributed by atoms with Crippen molar-refractivity contribution >= 4 is 5.91 Å². The van der Waals surface area contributed by atoms with Crippen molar-refractivity contribution in [1.82, 2.24) is 5.43 Å². The first kappa shape index (κ1) is 10.4. The van der Waals surface area contributed by atoms with Crippen LogP contribution in [-0.4, -0.2) is 5.91 Å². The fourth-order valence-electron chi connectivity index (χ4n) is 0.910. The van der Waals surface area contributed by atoms with Gasteiger partial charge < -0.3 is 0 Å². The standard InChI is InChI=1S/C8H18N2O/c1-7(2)5-3-4-6-8(11)10-9/h7H,3-6,9H2,1-2H3,(H,10,11). The van der Waals surface area contributed by atoms with Gasteiger partial charge in [0.25, 0.3) is 0 Å². The number of carbonyl (C=O) groups excluding carboxylic acids is 1. The normalized spacial score (nSPS) is 10.2. The quantitative estimate of drug-likeness (QED) is 0.273. The van der Waals surface area contributed by atoms with E-state index in [4.69, 9.17) is 5.84 Å². The second-order valence-electron chi connectivity index (χ2n) is 3.21. The molecule has 0 aliphatic rings. The Labute approximate surface area is 68.3 Å². The highest BCUT2D eigenvalue weighted by Gasteiger charge is 1.98. The van der Waals surface area contributed by atoms with Crippen LogP contribution in [0.2, 0.25) is 0 Å². The van der Waals surface area contributed by atoms with Crippen LogP contribution in [-0.2, 0) is 4.79 Å². The molecule has 0 saturated heterocycles. The summed E-state index contributed by atoms with van der Waals surface area (Å²) >= 11 is 0. The van der Waals surface area contributed by atoms with Crippen molar-refractivity contribution in [2.24, 2.45) is 11.8 Å². The number of unbranched alkanes of at least 4 members (excludes halogenated alkanes) is 1. The van der Waals surface area contributed by atoms with Crippen molar-refractivity contribution in [2.45, 2.75) is 39.5 Å². The minimum atomic E-state index is -0.0613. The Balaban J connectivity index is 3.08. The van der Waals surface area contributed by atoms with Crippen LogP contribution in [0.5, 0.6) is 0 Å². The van der Waals surface area contributed by atoms with Crippen molar-refractivity contribution in [3.05, 3.63) is 0 Å². The summed E-state index contributed by atoms with van der Waals surface area (Å²) in [4.78, 5) is 10.6. The van der Waals surface area contributed by atoms with Gasteiger partial charge in [0.05, 0.1) is 0 Å². The number of nitrogens with two attached hydrogens (primary N) is 1. The fourth-order valence-corrected chi connectivity index (χ4v) is 0.910. The average molecular weight is 158 g/mol. The van der Waals surface area contributed by atoms with E-state index in [-0.39, 0.29) is 5.91 Å². The Hall–Kier alpha value is -0.570. The highest BCUT2D eigenvalue weighted by atomic mass is 16.2. The van der Waals surface area contributed by atoms with Crippen molar-refractivity contribution in [3.8, 4) is 0 Å².